The van der Waals surface area contributed by atoms with Crippen LogP contribution in [0.5, 0.6) is 0 Å². The minimum Gasteiger partial charge on any atom is -0.383 e. The summed E-state index contributed by atoms with van der Waals surface area (Å²) in [5, 5.41) is 4.69. The van der Waals surface area contributed by atoms with Crippen molar-refractivity contribution in [2.45, 2.75) is 45.6 Å². The van der Waals surface area contributed by atoms with E-state index in [1.807, 2.05) is 6.92 Å². The Bertz CT molecular complexity index is 329. The summed E-state index contributed by atoms with van der Waals surface area (Å²) in [7, 11) is 0. The van der Waals surface area contributed by atoms with Gasteiger partial charge in [-0.2, -0.15) is 4.37 Å². The van der Waals surface area contributed by atoms with Gasteiger partial charge in [-0.25, -0.2) is 0 Å². The van der Waals surface area contributed by atoms with Gasteiger partial charge >= 0.3 is 0 Å². The predicted octanol–water partition coefficient (Wildman–Crippen LogP) is 3.02. The van der Waals surface area contributed by atoms with Gasteiger partial charge in [0.15, 0.2) is 0 Å². The Morgan fingerprint density at radius 1 is 1.47 bits per heavy atom. The molecule has 84 valence electrons. The lowest BCUT2D eigenvalue weighted by Crippen LogP contribution is -2.23. The number of hydrogen-bond acceptors (Lipinski definition) is 4. The van der Waals surface area contributed by atoms with Crippen molar-refractivity contribution in [2.75, 3.05) is 11.1 Å². The van der Waals surface area contributed by atoms with Gasteiger partial charge in [-0.1, -0.05) is 12.8 Å². The van der Waals surface area contributed by atoms with Crippen LogP contribution in [-0.2, 0) is 0 Å². The molecule has 0 bridgehead atoms. The van der Waals surface area contributed by atoms with Crippen LogP contribution in [0.25, 0.3) is 0 Å². The average Bonchev–Trinajstić information content (AvgIpc) is 2.83. The summed E-state index contributed by atoms with van der Waals surface area (Å²) in [5.41, 5.74) is 6.83. The SMILES string of the molecule is Cc1c(N)nsc1NC(C)C1CCCC1. The number of rotatable bonds is 3. The van der Waals surface area contributed by atoms with E-state index in [1.165, 1.54) is 37.2 Å². The molecule has 0 amide bonds. The standard InChI is InChI=1S/C11H19N3S/c1-7-10(12)14-15-11(7)13-8(2)9-5-3-4-6-9/h8-9,13H,3-6H2,1-2H3,(H2,12,14). The van der Waals surface area contributed by atoms with Gasteiger partial charge < -0.3 is 11.1 Å². The Morgan fingerprint density at radius 3 is 2.67 bits per heavy atom. The fourth-order valence-electron chi connectivity index (χ4n) is 2.26. The summed E-state index contributed by atoms with van der Waals surface area (Å²) in [6.07, 6.45) is 5.50. The second-order valence-corrected chi connectivity index (χ2v) is 5.27. The van der Waals surface area contributed by atoms with E-state index in [0.717, 1.165) is 16.5 Å². The van der Waals surface area contributed by atoms with Crippen LogP contribution in [0.2, 0.25) is 0 Å². The first kappa shape index (κ1) is 10.7. The normalized spacial score (nSPS) is 19.3. The maximum absolute atomic E-state index is 5.73. The summed E-state index contributed by atoms with van der Waals surface area (Å²) >= 11 is 1.48. The number of anilines is 2. The number of hydrogen-bond donors (Lipinski definition) is 2. The summed E-state index contributed by atoms with van der Waals surface area (Å²) in [6, 6.07) is 0.547. The molecule has 0 aliphatic heterocycles. The molecule has 1 aromatic heterocycles. The fraction of sp³-hybridized carbons (Fsp3) is 0.727. The molecule has 15 heavy (non-hydrogen) atoms. The van der Waals surface area contributed by atoms with Gasteiger partial charge in [0.05, 0.1) is 0 Å². The van der Waals surface area contributed by atoms with Crippen LogP contribution in [0.1, 0.15) is 38.2 Å². The first-order valence-corrected chi connectivity index (χ1v) is 6.44. The Hall–Kier alpha value is -0.770. The van der Waals surface area contributed by atoms with Gasteiger partial charge in [0.2, 0.25) is 0 Å². The van der Waals surface area contributed by atoms with Crippen molar-refractivity contribution in [2.24, 2.45) is 5.92 Å². The van der Waals surface area contributed by atoms with Crippen molar-refractivity contribution in [1.82, 2.24) is 4.37 Å². The van der Waals surface area contributed by atoms with Crippen LogP contribution in [0.3, 0.4) is 0 Å². The number of nitrogens with zero attached hydrogens (tertiary/aromatic N) is 1. The molecule has 1 aliphatic rings. The van der Waals surface area contributed by atoms with Crippen LogP contribution >= 0.6 is 11.5 Å². The molecule has 1 unspecified atom stereocenters. The van der Waals surface area contributed by atoms with E-state index in [2.05, 4.69) is 16.6 Å². The third-order valence-corrected chi connectivity index (χ3v) is 4.32. The van der Waals surface area contributed by atoms with E-state index in [4.69, 9.17) is 5.73 Å². The fourth-order valence-corrected chi connectivity index (χ4v) is 3.07. The lowest BCUT2D eigenvalue weighted by atomic mass is 10.00. The summed E-state index contributed by atoms with van der Waals surface area (Å²) in [6.45, 7) is 4.30. The molecule has 0 radical (unpaired) electrons. The van der Waals surface area contributed by atoms with Crippen molar-refractivity contribution in [3.05, 3.63) is 5.56 Å². The minimum atomic E-state index is 0.547. The summed E-state index contributed by atoms with van der Waals surface area (Å²) in [4.78, 5) is 0. The van der Waals surface area contributed by atoms with Crippen LogP contribution in [0, 0.1) is 12.8 Å². The minimum absolute atomic E-state index is 0.547. The molecule has 3 N–H and O–H groups in total. The molecule has 1 heterocycles. The zero-order chi connectivity index (χ0) is 10.8. The first-order chi connectivity index (χ1) is 7.18. The van der Waals surface area contributed by atoms with Gasteiger partial charge in [0.1, 0.15) is 10.8 Å². The molecular formula is C11H19N3S. The molecule has 2 rings (SSSR count). The van der Waals surface area contributed by atoms with E-state index in [0.29, 0.717) is 11.9 Å². The molecule has 0 aromatic carbocycles. The molecule has 1 atom stereocenters. The van der Waals surface area contributed by atoms with Crippen LogP contribution in [-0.4, -0.2) is 10.4 Å². The third kappa shape index (κ3) is 2.25. The number of aromatic nitrogens is 1. The molecule has 0 spiro atoms. The van der Waals surface area contributed by atoms with E-state index in [9.17, 15) is 0 Å². The van der Waals surface area contributed by atoms with Crippen molar-refractivity contribution < 1.29 is 0 Å². The van der Waals surface area contributed by atoms with Crippen LogP contribution < -0.4 is 11.1 Å². The Balaban J connectivity index is 1.98. The van der Waals surface area contributed by atoms with E-state index < -0.39 is 0 Å². The summed E-state index contributed by atoms with van der Waals surface area (Å²) < 4.78 is 4.15. The van der Waals surface area contributed by atoms with Crippen LogP contribution in [0.15, 0.2) is 0 Å². The molecule has 3 nitrogen and oxygen atoms in total. The van der Waals surface area contributed by atoms with Gasteiger partial charge in [0.25, 0.3) is 0 Å². The van der Waals surface area contributed by atoms with Crippen molar-refractivity contribution in [3.8, 4) is 0 Å². The maximum atomic E-state index is 5.73. The number of nitrogen functional groups attached to an aromatic ring is 1. The smallest absolute Gasteiger partial charge is 0.142 e. The van der Waals surface area contributed by atoms with Gasteiger partial charge in [0, 0.05) is 11.6 Å². The van der Waals surface area contributed by atoms with Crippen molar-refractivity contribution in [3.63, 3.8) is 0 Å². The Labute approximate surface area is 95.2 Å². The lowest BCUT2D eigenvalue weighted by Gasteiger charge is -2.20. The second-order valence-electron chi connectivity index (χ2n) is 4.50. The topological polar surface area (TPSA) is 50.9 Å². The highest BCUT2D eigenvalue weighted by molar-refractivity contribution is 7.10. The van der Waals surface area contributed by atoms with Crippen LogP contribution in [0.4, 0.5) is 10.8 Å². The third-order valence-electron chi connectivity index (χ3n) is 3.43. The van der Waals surface area contributed by atoms with E-state index in [-0.39, 0.29) is 0 Å². The highest BCUT2D eigenvalue weighted by atomic mass is 32.1. The first-order valence-electron chi connectivity index (χ1n) is 5.66. The molecule has 1 aliphatic carbocycles. The maximum Gasteiger partial charge on any atom is 0.142 e. The largest absolute Gasteiger partial charge is 0.383 e. The Kier molecular flexibility index (Phi) is 3.14. The summed E-state index contributed by atoms with van der Waals surface area (Å²) in [5.74, 6) is 1.49. The molecule has 4 heteroatoms. The predicted molar refractivity (Wildman–Crippen MR) is 66.3 cm³/mol. The quantitative estimate of drug-likeness (QED) is 0.831. The molecule has 1 aromatic rings. The highest BCUT2D eigenvalue weighted by Crippen LogP contribution is 2.32. The molecule has 1 fully saturated rings. The van der Waals surface area contributed by atoms with Gasteiger partial charge in [-0.15, -0.1) is 0 Å². The second kappa shape index (κ2) is 4.39. The highest BCUT2D eigenvalue weighted by Gasteiger charge is 2.22. The molecular weight excluding hydrogens is 206 g/mol. The zero-order valence-corrected chi connectivity index (χ0v) is 10.2. The van der Waals surface area contributed by atoms with Gasteiger partial charge in [-0.3, -0.25) is 0 Å². The molecule has 1 saturated carbocycles. The van der Waals surface area contributed by atoms with Gasteiger partial charge in [-0.05, 0) is 44.1 Å². The Morgan fingerprint density at radius 2 is 2.13 bits per heavy atom. The number of nitrogens with one attached hydrogen (secondary N) is 1. The van der Waals surface area contributed by atoms with E-state index >= 15 is 0 Å². The average molecular weight is 225 g/mol. The number of nitrogens with two attached hydrogens (primary N) is 1. The van der Waals surface area contributed by atoms with E-state index in [1.54, 1.807) is 0 Å². The van der Waals surface area contributed by atoms with Crippen molar-refractivity contribution >= 4 is 22.4 Å². The van der Waals surface area contributed by atoms with Crippen molar-refractivity contribution in [1.29, 1.82) is 0 Å². The molecule has 0 saturated heterocycles. The lowest BCUT2D eigenvalue weighted by molar-refractivity contribution is 0.483. The zero-order valence-electron chi connectivity index (χ0n) is 9.42. The monoisotopic (exact) mass is 225 g/mol.